The van der Waals surface area contributed by atoms with E-state index >= 15 is 0 Å². The standard InChI is InChI=1S/C18H27N3O2.ClH/c1-18(2,3)12-20-16(22)13-5-7-14(8-6-13)17(23)21(4)15-9-10-19-11-15;/h5-8,15,19H,9-12H2,1-4H3,(H,20,22);1H. The average Bonchev–Trinajstić information content (AvgIpc) is 3.05. The molecule has 1 unspecified atom stereocenters. The number of halogens is 1. The van der Waals surface area contributed by atoms with Gasteiger partial charge >= 0.3 is 0 Å². The quantitative estimate of drug-likeness (QED) is 0.873. The molecule has 2 amide bonds. The summed E-state index contributed by atoms with van der Waals surface area (Å²) in [7, 11) is 1.84. The molecule has 1 fully saturated rings. The Kier molecular flexibility index (Phi) is 7.24. The van der Waals surface area contributed by atoms with Crippen LogP contribution in [0.15, 0.2) is 24.3 Å². The third-order valence-corrected chi connectivity index (χ3v) is 4.08. The summed E-state index contributed by atoms with van der Waals surface area (Å²) in [6.45, 7) is 8.63. The second kappa shape index (κ2) is 8.49. The number of hydrogen-bond donors (Lipinski definition) is 2. The smallest absolute Gasteiger partial charge is 0.253 e. The first kappa shape index (κ1) is 20.5. The van der Waals surface area contributed by atoms with Gasteiger partial charge < -0.3 is 15.5 Å². The van der Waals surface area contributed by atoms with Crippen LogP contribution in [-0.2, 0) is 0 Å². The van der Waals surface area contributed by atoms with E-state index in [4.69, 9.17) is 0 Å². The zero-order valence-corrected chi connectivity index (χ0v) is 15.7. The molecule has 1 aliphatic rings. The Morgan fingerprint density at radius 1 is 1.21 bits per heavy atom. The van der Waals surface area contributed by atoms with Gasteiger partial charge in [0.15, 0.2) is 0 Å². The van der Waals surface area contributed by atoms with Gasteiger partial charge in [-0.25, -0.2) is 0 Å². The van der Waals surface area contributed by atoms with Gasteiger partial charge in [0.05, 0.1) is 0 Å². The van der Waals surface area contributed by atoms with E-state index in [2.05, 4.69) is 31.4 Å². The number of benzene rings is 1. The molecule has 1 heterocycles. The van der Waals surface area contributed by atoms with Crippen LogP contribution in [0, 0.1) is 5.41 Å². The van der Waals surface area contributed by atoms with Gasteiger partial charge in [0.1, 0.15) is 0 Å². The lowest BCUT2D eigenvalue weighted by Gasteiger charge is -2.24. The van der Waals surface area contributed by atoms with Crippen molar-refractivity contribution in [2.45, 2.75) is 33.2 Å². The number of likely N-dealkylation sites (N-methyl/N-ethyl adjacent to an activating group) is 1. The van der Waals surface area contributed by atoms with E-state index in [-0.39, 0.29) is 35.7 Å². The van der Waals surface area contributed by atoms with Gasteiger partial charge in [-0.15, -0.1) is 12.4 Å². The highest BCUT2D eigenvalue weighted by atomic mass is 35.5. The van der Waals surface area contributed by atoms with Crippen molar-refractivity contribution in [2.24, 2.45) is 5.41 Å². The van der Waals surface area contributed by atoms with Crippen molar-refractivity contribution in [3.63, 3.8) is 0 Å². The summed E-state index contributed by atoms with van der Waals surface area (Å²) in [5.41, 5.74) is 1.24. The summed E-state index contributed by atoms with van der Waals surface area (Å²) in [5.74, 6) is -0.104. The predicted molar refractivity (Wildman–Crippen MR) is 98.8 cm³/mol. The minimum absolute atomic E-state index is 0. The minimum Gasteiger partial charge on any atom is -0.352 e. The Morgan fingerprint density at radius 3 is 2.29 bits per heavy atom. The number of hydrogen-bond acceptors (Lipinski definition) is 3. The van der Waals surface area contributed by atoms with Gasteiger partial charge in [0.2, 0.25) is 0 Å². The van der Waals surface area contributed by atoms with E-state index in [0.717, 1.165) is 19.5 Å². The van der Waals surface area contributed by atoms with Crippen LogP contribution in [0.3, 0.4) is 0 Å². The second-order valence-electron chi connectivity index (χ2n) is 7.38. The molecule has 0 radical (unpaired) electrons. The van der Waals surface area contributed by atoms with E-state index in [9.17, 15) is 9.59 Å². The van der Waals surface area contributed by atoms with Crippen LogP contribution in [0.25, 0.3) is 0 Å². The summed E-state index contributed by atoms with van der Waals surface area (Å²) in [5, 5.41) is 6.18. The fourth-order valence-corrected chi connectivity index (χ4v) is 2.55. The van der Waals surface area contributed by atoms with E-state index in [1.54, 1.807) is 29.2 Å². The summed E-state index contributed by atoms with van der Waals surface area (Å²) < 4.78 is 0. The third-order valence-electron chi connectivity index (χ3n) is 4.08. The lowest BCUT2D eigenvalue weighted by molar-refractivity contribution is 0.0743. The second-order valence-corrected chi connectivity index (χ2v) is 7.38. The van der Waals surface area contributed by atoms with Crippen molar-refractivity contribution in [2.75, 3.05) is 26.7 Å². The minimum atomic E-state index is -0.104. The fourth-order valence-electron chi connectivity index (χ4n) is 2.55. The van der Waals surface area contributed by atoms with E-state index < -0.39 is 0 Å². The number of amides is 2. The van der Waals surface area contributed by atoms with Crippen LogP contribution >= 0.6 is 12.4 Å². The highest BCUT2D eigenvalue weighted by Crippen LogP contribution is 2.14. The molecule has 2 N–H and O–H groups in total. The van der Waals surface area contributed by atoms with Gasteiger partial charge in [-0.1, -0.05) is 20.8 Å². The highest BCUT2D eigenvalue weighted by Gasteiger charge is 2.24. The van der Waals surface area contributed by atoms with E-state index in [1.807, 2.05) is 7.05 Å². The lowest BCUT2D eigenvalue weighted by atomic mass is 9.97. The molecule has 1 aliphatic heterocycles. The first-order chi connectivity index (χ1) is 10.8. The maximum Gasteiger partial charge on any atom is 0.253 e. The molecule has 1 aromatic carbocycles. The molecule has 134 valence electrons. The molecular formula is C18H28ClN3O2. The molecule has 1 saturated heterocycles. The van der Waals surface area contributed by atoms with E-state index in [0.29, 0.717) is 17.7 Å². The Hall–Kier alpha value is -1.59. The molecule has 0 spiro atoms. The summed E-state index contributed by atoms with van der Waals surface area (Å²) in [6, 6.07) is 7.13. The van der Waals surface area contributed by atoms with Crippen molar-refractivity contribution >= 4 is 24.2 Å². The summed E-state index contributed by atoms with van der Waals surface area (Å²) in [4.78, 5) is 26.4. The molecule has 2 rings (SSSR count). The Morgan fingerprint density at radius 2 is 1.79 bits per heavy atom. The average molecular weight is 354 g/mol. The number of nitrogens with one attached hydrogen (secondary N) is 2. The Balaban J connectivity index is 0.00000288. The largest absolute Gasteiger partial charge is 0.352 e. The normalized spacial score (nSPS) is 17.1. The van der Waals surface area contributed by atoms with Crippen molar-refractivity contribution in [1.82, 2.24) is 15.5 Å². The monoisotopic (exact) mass is 353 g/mol. The fraction of sp³-hybridized carbons (Fsp3) is 0.556. The molecule has 0 aliphatic carbocycles. The highest BCUT2D eigenvalue weighted by molar-refractivity contribution is 5.97. The summed E-state index contributed by atoms with van der Waals surface area (Å²) in [6.07, 6.45) is 0.982. The van der Waals surface area contributed by atoms with Crippen molar-refractivity contribution in [3.05, 3.63) is 35.4 Å². The lowest BCUT2D eigenvalue weighted by Crippen LogP contribution is -2.38. The van der Waals surface area contributed by atoms with E-state index in [1.165, 1.54) is 0 Å². The molecule has 0 aromatic heterocycles. The maximum atomic E-state index is 12.5. The topological polar surface area (TPSA) is 61.4 Å². The molecule has 0 saturated carbocycles. The molecule has 0 bridgehead atoms. The molecule has 1 atom stereocenters. The molecule has 5 nitrogen and oxygen atoms in total. The van der Waals surface area contributed by atoms with Crippen LogP contribution < -0.4 is 10.6 Å². The number of carbonyl (C=O) groups excluding carboxylic acids is 2. The first-order valence-corrected chi connectivity index (χ1v) is 8.14. The van der Waals surface area contributed by atoms with Gasteiger partial charge in [0.25, 0.3) is 11.8 Å². The van der Waals surface area contributed by atoms with Crippen molar-refractivity contribution in [3.8, 4) is 0 Å². The molecule has 6 heteroatoms. The van der Waals surface area contributed by atoms with Gasteiger partial charge in [0, 0.05) is 37.3 Å². The number of carbonyl (C=O) groups is 2. The van der Waals surface area contributed by atoms with Crippen molar-refractivity contribution in [1.29, 1.82) is 0 Å². The SMILES string of the molecule is CN(C(=O)c1ccc(C(=O)NCC(C)(C)C)cc1)C1CCNC1.Cl. The zero-order valence-electron chi connectivity index (χ0n) is 14.9. The number of nitrogens with zero attached hydrogens (tertiary/aromatic N) is 1. The Bertz CT molecular complexity index is 561. The van der Waals surface area contributed by atoms with Crippen LogP contribution in [0.4, 0.5) is 0 Å². The Labute approximate surface area is 150 Å². The van der Waals surface area contributed by atoms with Crippen LogP contribution in [-0.4, -0.2) is 49.4 Å². The molecule has 1 aromatic rings. The van der Waals surface area contributed by atoms with Gasteiger partial charge in [-0.3, -0.25) is 9.59 Å². The van der Waals surface area contributed by atoms with Crippen LogP contribution in [0.2, 0.25) is 0 Å². The van der Waals surface area contributed by atoms with Crippen LogP contribution in [0.5, 0.6) is 0 Å². The summed E-state index contributed by atoms with van der Waals surface area (Å²) >= 11 is 0. The zero-order chi connectivity index (χ0) is 17.0. The van der Waals surface area contributed by atoms with Crippen molar-refractivity contribution < 1.29 is 9.59 Å². The predicted octanol–water partition coefficient (Wildman–Crippen LogP) is 2.32. The van der Waals surface area contributed by atoms with Gasteiger partial charge in [-0.2, -0.15) is 0 Å². The molecule has 24 heavy (non-hydrogen) atoms. The van der Waals surface area contributed by atoms with Gasteiger partial charge in [-0.05, 0) is 42.6 Å². The number of rotatable bonds is 4. The van der Waals surface area contributed by atoms with Crippen LogP contribution in [0.1, 0.15) is 47.9 Å². The first-order valence-electron chi connectivity index (χ1n) is 8.14. The maximum absolute atomic E-state index is 12.5. The third kappa shape index (κ3) is 5.49. The molecular weight excluding hydrogens is 326 g/mol.